The van der Waals surface area contributed by atoms with E-state index in [1.165, 1.54) is 25.8 Å². The van der Waals surface area contributed by atoms with Crippen LogP contribution in [0.4, 0.5) is 0 Å². The zero-order valence-corrected chi connectivity index (χ0v) is 12.7. The molecule has 0 bridgehead atoms. The van der Waals surface area contributed by atoms with Gasteiger partial charge in [-0.3, -0.25) is 4.90 Å². The number of piperidine rings is 1. The smallest absolute Gasteiger partial charge is 0.00966 e. The molecule has 0 aromatic rings. The first kappa shape index (κ1) is 15.0. The Hall–Kier alpha value is -0.0800. The molecule has 1 aliphatic rings. The van der Waals surface area contributed by atoms with Crippen LogP contribution < -0.4 is 5.32 Å². The minimum absolute atomic E-state index is 0.243. The quantitative estimate of drug-likeness (QED) is 0.811. The standard InChI is InChI=1S/C15H32N2/c1-12(10-16-15(4,5)6)11-17-13(2)8-7-9-14(17)3/h12-14,16H,7-11H2,1-6H3. The summed E-state index contributed by atoms with van der Waals surface area (Å²) in [5.41, 5.74) is 0.243. The lowest BCUT2D eigenvalue weighted by atomic mass is 9.95. The molecule has 0 saturated carbocycles. The molecule has 0 amide bonds. The molecule has 0 radical (unpaired) electrons. The molecule has 0 aliphatic carbocycles. The van der Waals surface area contributed by atoms with E-state index in [0.717, 1.165) is 24.5 Å². The highest BCUT2D eigenvalue weighted by Gasteiger charge is 2.25. The average Bonchev–Trinajstić information content (AvgIpc) is 2.20. The van der Waals surface area contributed by atoms with Gasteiger partial charge in [-0.15, -0.1) is 0 Å². The highest BCUT2D eigenvalue weighted by atomic mass is 15.2. The van der Waals surface area contributed by atoms with Crippen molar-refractivity contribution >= 4 is 0 Å². The molecule has 3 unspecified atom stereocenters. The predicted molar refractivity (Wildman–Crippen MR) is 76.4 cm³/mol. The minimum atomic E-state index is 0.243. The molecule has 0 aromatic carbocycles. The number of nitrogens with zero attached hydrogens (tertiary/aromatic N) is 1. The highest BCUT2D eigenvalue weighted by Crippen LogP contribution is 2.23. The van der Waals surface area contributed by atoms with Crippen molar-refractivity contribution in [3.63, 3.8) is 0 Å². The van der Waals surface area contributed by atoms with Crippen LogP contribution in [0.5, 0.6) is 0 Å². The maximum atomic E-state index is 3.61. The first-order valence-corrected chi connectivity index (χ1v) is 7.30. The summed E-state index contributed by atoms with van der Waals surface area (Å²) >= 11 is 0. The van der Waals surface area contributed by atoms with Gasteiger partial charge in [0, 0.05) is 24.2 Å². The van der Waals surface area contributed by atoms with E-state index in [2.05, 4.69) is 51.8 Å². The fourth-order valence-electron chi connectivity index (χ4n) is 2.74. The Labute approximate surface area is 108 Å². The van der Waals surface area contributed by atoms with Gasteiger partial charge < -0.3 is 5.32 Å². The van der Waals surface area contributed by atoms with Gasteiger partial charge >= 0.3 is 0 Å². The fraction of sp³-hybridized carbons (Fsp3) is 1.00. The zero-order chi connectivity index (χ0) is 13.1. The van der Waals surface area contributed by atoms with Crippen molar-refractivity contribution in [2.75, 3.05) is 13.1 Å². The molecule has 0 spiro atoms. The van der Waals surface area contributed by atoms with Crippen LogP contribution >= 0.6 is 0 Å². The second-order valence-corrected chi connectivity index (χ2v) is 7.06. The Kier molecular flexibility index (Phi) is 5.46. The normalized spacial score (nSPS) is 29.3. The third kappa shape index (κ3) is 5.39. The molecule has 1 aliphatic heterocycles. The third-order valence-electron chi connectivity index (χ3n) is 3.88. The molecule has 1 fully saturated rings. The van der Waals surface area contributed by atoms with Crippen molar-refractivity contribution in [2.24, 2.45) is 5.92 Å². The largest absolute Gasteiger partial charge is 0.312 e. The average molecular weight is 240 g/mol. The second kappa shape index (κ2) is 6.19. The van der Waals surface area contributed by atoms with Crippen molar-refractivity contribution in [3.8, 4) is 0 Å². The van der Waals surface area contributed by atoms with Crippen LogP contribution in [0.15, 0.2) is 0 Å². The molecule has 2 heteroatoms. The van der Waals surface area contributed by atoms with Gasteiger partial charge in [0.25, 0.3) is 0 Å². The predicted octanol–water partition coefficient (Wildman–Crippen LogP) is 3.27. The molecule has 1 N–H and O–H groups in total. The molecule has 1 saturated heterocycles. The van der Waals surface area contributed by atoms with Crippen LogP contribution in [0.3, 0.4) is 0 Å². The van der Waals surface area contributed by atoms with Gasteiger partial charge in [0.2, 0.25) is 0 Å². The van der Waals surface area contributed by atoms with E-state index in [0.29, 0.717) is 0 Å². The number of hydrogen-bond donors (Lipinski definition) is 1. The maximum absolute atomic E-state index is 3.61. The van der Waals surface area contributed by atoms with E-state index in [9.17, 15) is 0 Å². The lowest BCUT2D eigenvalue weighted by molar-refractivity contribution is 0.0855. The Balaban J connectivity index is 2.36. The van der Waals surface area contributed by atoms with Gasteiger partial charge in [0.1, 0.15) is 0 Å². The van der Waals surface area contributed by atoms with Crippen molar-refractivity contribution in [1.29, 1.82) is 0 Å². The van der Waals surface area contributed by atoms with Gasteiger partial charge in [-0.25, -0.2) is 0 Å². The third-order valence-corrected chi connectivity index (χ3v) is 3.88. The summed E-state index contributed by atoms with van der Waals surface area (Å²) in [6, 6.07) is 1.55. The van der Waals surface area contributed by atoms with Gasteiger partial charge in [0.05, 0.1) is 0 Å². The van der Waals surface area contributed by atoms with Crippen LogP contribution in [0.2, 0.25) is 0 Å². The molecular formula is C15H32N2. The van der Waals surface area contributed by atoms with E-state index in [1.807, 2.05) is 0 Å². The Morgan fingerprint density at radius 2 is 1.71 bits per heavy atom. The monoisotopic (exact) mass is 240 g/mol. The molecule has 1 heterocycles. The molecule has 1 rings (SSSR count). The Bertz CT molecular complexity index is 209. The van der Waals surface area contributed by atoms with Crippen LogP contribution in [-0.4, -0.2) is 35.6 Å². The summed E-state index contributed by atoms with van der Waals surface area (Å²) in [5.74, 6) is 0.734. The number of nitrogens with one attached hydrogen (secondary N) is 1. The van der Waals surface area contributed by atoms with E-state index >= 15 is 0 Å². The van der Waals surface area contributed by atoms with Gasteiger partial charge in [-0.2, -0.15) is 0 Å². The van der Waals surface area contributed by atoms with E-state index in [4.69, 9.17) is 0 Å². The molecule has 2 nitrogen and oxygen atoms in total. The van der Waals surface area contributed by atoms with Crippen molar-refractivity contribution in [3.05, 3.63) is 0 Å². The topological polar surface area (TPSA) is 15.3 Å². The van der Waals surface area contributed by atoms with Crippen LogP contribution in [0.1, 0.15) is 60.8 Å². The summed E-state index contributed by atoms with van der Waals surface area (Å²) in [5, 5.41) is 3.61. The second-order valence-electron chi connectivity index (χ2n) is 7.06. The van der Waals surface area contributed by atoms with E-state index < -0.39 is 0 Å². The lowest BCUT2D eigenvalue weighted by Gasteiger charge is -2.40. The molecule has 3 atom stereocenters. The van der Waals surface area contributed by atoms with E-state index in [-0.39, 0.29) is 5.54 Å². The molecule has 17 heavy (non-hydrogen) atoms. The summed E-state index contributed by atoms with van der Waals surface area (Å²) in [6.07, 6.45) is 4.17. The lowest BCUT2D eigenvalue weighted by Crippen LogP contribution is -2.48. The fourth-order valence-corrected chi connectivity index (χ4v) is 2.74. The zero-order valence-electron chi connectivity index (χ0n) is 12.7. The van der Waals surface area contributed by atoms with Gasteiger partial charge in [-0.05, 0) is 59.9 Å². The van der Waals surface area contributed by atoms with E-state index in [1.54, 1.807) is 0 Å². The SMILES string of the molecule is CC(CNC(C)(C)C)CN1C(C)CCCC1C. The Morgan fingerprint density at radius 1 is 1.18 bits per heavy atom. The van der Waals surface area contributed by atoms with Crippen molar-refractivity contribution in [2.45, 2.75) is 78.4 Å². The number of likely N-dealkylation sites (tertiary alicyclic amines) is 1. The number of rotatable bonds is 4. The van der Waals surface area contributed by atoms with Crippen LogP contribution in [-0.2, 0) is 0 Å². The van der Waals surface area contributed by atoms with Crippen LogP contribution in [0.25, 0.3) is 0 Å². The summed E-state index contributed by atoms with van der Waals surface area (Å²) < 4.78 is 0. The number of hydrogen-bond acceptors (Lipinski definition) is 2. The minimum Gasteiger partial charge on any atom is -0.312 e. The summed E-state index contributed by atoms with van der Waals surface area (Å²) in [7, 11) is 0. The maximum Gasteiger partial charge on any atom is 0.00966 e. The first-order chi connectivity index (χ1) is 7.79. The van der Waals surface area contributed by atoms with Gasteiger partial charge in [0.15, 0.2) is 0 Å². The Morgan fingerprint density at radius 3 is 2.18 bits per heavy atom. The molecule has 102 valence electrons. The molecule has 0 aromatic heterocycles. The van der Waals surface area contributed by atoms with Crippen molar-refractivity contribution < 1.29 is 0 Å². The summed E-state index contributed by atoms with van der Waals surface area (Å²) in [4.78, 5) is 2.71. The first-order valence-electron chi connectivity index (χ1n) is 7.30. The van der Waals surface area contributed by atoms with Crippen molar-refractivity contribution in [1.82, 2.24) is 10.2 Å². The van der Waals surface area contributed by atoms with Crippen LogP contribution in [0, 0.1) is 5.92 Å². The molecular weight excluding hydrogens is 208 g/mol. The van der Waals surface area contributed by atoms with Gasteiger partial charge in [-0.1, -0.05) is 13.3 Å². The highest BCUT2D eigenvalue weighted by molar-refractivity contribution is 4.81. The summed E-state index contributed by atoms with van der Waals surface area (Å²) in [6.45, 7) is 16.2.